The molecule has 1 heterocycles. The zero-order valence-corrected chi connectivity index (χ0v) is 11.9. The summed E-state index contributed by atoms with van der Waals surface area (Å²) >= 11 is 0. The first-order valence-electron chi connectivity index (χ1n) is 6.98. The summed E-state index contributed by atoms with van der Waals surface area (Å²) < 4.78 is 14.1. The zero-order chi connectivity index (χ0) is 15.0. The van der Waals surface area contributed by atoms with Crippen LogP contribution < -0.4 is 5.73 Å². The highest BCUT2D eigenvalue weighted by molar-refractivity contribution is 5.94. The van der Waals surface area contributed by atoms with Gasteiger partial charge in [-0.25, -0.2) is 4.39 Å². The number of carbonyl (C=O) groups excluding carboxylic acids is 1. The molecule has 108 valence electrons. The average Bonchev–Trinajstić information content (AvgIpc) is 2.48. The summed E-state index contributed by atoms with van der Waals surface area (Å²) in [6.45, 7) is 2.74. The van der Waals surface area contributed by atoms with E-state index in [0.717, 1.165) is 12.0 Å². The molecule has 0 radical (unpaired) electrons. The molecule has 1 aliphatic rings. The van der Waals surface area contributed by atoms with Crippen LogP contribution in [0.5, 0.6) is 0 Å². The average molecular weight is 284 g/mol. The first-order chi connectivity index (χ1) is 10.1. The SMILES string of the molecule is Cc1cccc(C(=O)N2CCc3ccc(N)cc3C2)c1F. The topological polar surface area (TPSA) is 46.3 Å². The van der Waals surface area contributed by atoms with Crippen LogP contribution in [0.15, 0.2) is 36.4 Å². The van der Waals surface area contributed by atoms with Gasteiger partial charge in [0.2, 0.25) is 0 Å². The van der Waals surface area contributed by atoms with Crippen LogP contribution in [0.3, 0.4) is 0 Å². The third-order valence-electron chi connectivity index (χ3n) is 3.95. The number of aryl methyl sites for hydroxylation is 1. The van der Waals surface area contributed by atoms with Gasteiger partial charge in [0.25, 0.3) is 5.91 Å². The van der Waals surface area contributed by atoms with Gasteiger partial charge in [-0.1, -0.05) is 18.2 Å². The summed E-state index contributed by atoms with van der Waals surface area (Å²) in [7, 11) is 0. The van der Waals surface area contributed by atoms with Crippen LogP contribution in [-0.4, -0.2) is 17.4 Å². The Labute approximate surface area is 123 Å². The Morgan fingerprint density at radius 1 is 1.24 bits per heavy atom. The second-order valence-electron chi connectivity index (χ2n) is 5.44. The van der Waals surface area contributed by atoms with Crippen molar-refractivity contribution in [1.82, 2.24) is 4.90 Å². The van der Waals surface area contributed by atoms with Gasteiger partial charge in [-0.05, 0) is 48.2 Å². The molecular formula is C17H17FN2O. The number of nitrogens with zero attached hydrogens (tertiary/aromatic N) is 1. The fourth-order valence-electron chi connectivity index (χ4n) is 2.73. The maximum absolute atomic E-state index is 14.1. The Bertz CT molecular complexity index is 712. The number of rotatable bonds is 1. The summed E-state index contributed by atoms with van der Waals surface area (Å²) in [5.41, 5.74) is 9.36. The van der Waals surface area contributed by atoms with Crippen molar-refractivity contribution in [2.24, 2.45) is 0 Å². The fraction of sp³-hybridized carbons (Fsp3) is 0.235. The Morgan fingerprint density at radius 3 is 2.86 bits per heavy atom. The summed E-state index contributed by atoms with van der Waals surface area (Å²) in [6, 6.07) is 10.7. The monoisotopic (exact) mass is 284 g/mol. The Hall–Kier alpha value is -2.36. The molecule has 0 aliphatic carbocycles. The molecule has 1 aliphatic heterocycles. The predicted molar refractivity (Wildman–Crippen MR) is 80.4 cm³/mol. The van der Waals surface area contributed by atoms with Crippen LogP contribution >= 0.6 is 0 Å². The molecule has 3 nitrogen and oxygen atoms in total. The van der Waals surface area contributed by atoms with Crippen LogP contribution in [0.1, 0.15) is 27.0 Å². The summed E-state index contributed by atoms with van der Waals surface area (Å²) in [6.07, 6.45) is 0.773. The lowest BCUT2D eigenvalue weighted by Gasteiger charge is -2.29. The Morgan fingerprint density at radius 2 is 2.05 bits per heavy atom. The fourth-order valence-corrected chi connectivity index (χ4v) is 2.73. The minimum absolute atomic E-state index is 0.141. The number of amides is 1. The number of nitrogen functional groups attached to an aromatic ring is 1. The molecule has 0 unspecified atom stereocenters. The van der Waals surface area contributed by atoms with Gasteiger partial charge in [0, 0.05) is 18.8 Å². The Balaban J connectivity index is 1.89. The van der Waals surface area contributed by atoms with Crippen molar-refractivity contribution in [3.8, 4) is 0 Å². The lowest BCUT2D eigenvalue weighted by molar-refractivity contribution is 0.0730. The standard InChI is InChI=1S/C17H17FN2O/c1-11-3-2-4-15(16(11)18)17(21)20-8-7-12-5-6-14(19)9-13(12)10-20/h2-6,9H,7-8,10,19H2,1H3. The number of anilines is 1. The normalized spacial score (nSPS) is 13.9. The van der Waals surface area contributed by atoms with E-state index in [1.807, 2.05) is 18.2 Å². The van der Waals surface area contributed by atoms with E-state index >= 15 is 0 Å². The van der Waals surface area contributed by atoms with Crippen molar-refractivity contribution in [3.05, 3.63) is 64.5 Å². The van der Waals surface area contributed by atoms with E-state index in [-0.39, 0.29) is 11.5 Å². The molecule has 0 aromatic heterocycles. The second-order valence-corrected chi connectivity index (χ2v) is 5.44. The molecule has 21 heavy (non-hydrogen) atoms. The van der Waals surface area contributed by atoms with E-state index in [2.05, 4.69) is 0 Å². The smallest absolute Gasteiger partial charge is 0.257 e. The third kappa shape index (κ3) is 2.49. The predicted octanol–water partition coefficient (Wildman–Crippen LogP) is 2.91. The molecule has 0 spiro atoms. The van der Waals surface area contributed by atoms with Gasteiger partial charge in [0.15, 0.2) is 0 Å². The summed E-state index contributed by atoms with van der Waals surface area (Å²) in [5, 5.41) is 0. The highest BCUT2D eigenvalue weighted by Crippen LogP contribution is 2.23. The zero-order valence-electron chi connectivity index (χ0n) is 11.9. The molecular weight excluding hydrogens is 267 g/mol. The number of benzene rings is 2. The lowest BCUT2D eigenvalue weighted by Crippen LogP contribution is -2.36. The minimum atomic E-state index is -0.430. The largest absolute Gasteiger partial charge is 0.399 e. The van der Waals surface area contributed by atoms with E-state index in [1.165, 1.54) is 5.56 Å². The second kappa shape index (κ2) is 5.20. The minimum Gasteiger partial charge on any atom is -0.399 e. The lowest BCUT2D eigenvalue weighted by atomic mass is 9.98. The van der Waals surface area contributed by atoms with E-state index in [1.54, 1.807) is 30.0 Å². The molecule has 4 heteroatoms. The van der Waals surface area contributed by atoms with Gasteiger partial charge in [0.05, 0.1) is 5.56 Å². The van der Waals surface area contributed by atoms with Gasteiger partial charge in [-0.15, -0.1) is 0 Å². The molecule has 0 saturated heterocycles. The first kappa shape index (κ1) is 13.6. The number of nitrogens with two attached hydrogens (primary N) is 1. The highest BCUT2D eigenvalue weighted by atomic mass is 19.1. The first-order valence-corrected chi connectivity index (χ1v) is 6.98. The maximum atomic E-state index is 14.1. The number of hydrogen-bond acceptors (Lipinski definition) is 2. The van der Waals surface area contributed by atoms with Crippen molar-refractivity contribution < 1.29 is 9.18 Å². The van der Waals surface area contributed by atoms with Crippen LogP contribution in [0.25, 0.3) is 0 Å². The van der Waals surface area contributed by atoms with Crippen LogP contribution in [0, 0.1) is 12.7 Å². The molecule has 3 rings (SSSR count). The van der Waals surface area contributed by atoms with Crippen molar-refractivity contribution in [1.29, 1.82) is 0 Å². The summed E-state index contributed by atoms with van der Waals surface area (Å²) in [4.78, 5) is 14.2. The number of halogens is 1. The molecule has 2 aromatic carbocycles. The van der Waals surface area contributed by atoms with Crippen LogP contribution in [0.2, 0.25) is 0 Å². The third-order valence-corrected chi connectivity index (χ3v) is 3.95. The van der Waals surface area contributed by atoms with Crippen molar-refractivity contribution in [2.75, 3.05) is 12.3 Å². The molecule has 2 N–H and O–H groups in total. The van der Waals surface area contributed by atoms with E-state index in [4.69, 9.17) is 5.73 Å². The van der Waals surface area contributed by atoms with Gasteiger partial charge < -0.3 is 10.6 Å². The van der Waals surface area contributed by atoms with Crippen molar-refractivity contribution >= 4 is 11.6 Å². The quantitative estimate of drug-likeness (QED) is 0.818. The molecule has 2 aromatic rings. The maximum Gasteiger partial charge on any atom is 0.257 e. The molecule has 0 saturated carbocycles. The van der Waals surface area contributed by atoms with Gasteiger partial charge in [-0.2, -0.15) is 0 Å². The highest BCUT2D eigenvalue weighted by Gasteiger charge is 2.24. The van der Waals surface area contributed by atoms with Gasteiger partial charge in [0.1, 0.15) is 5.82 Å². The number of hydrogen-bond donors (Lipinski definition) is 1. The van der Waals surface area contributed by atoms with Crippen LogP contribution in [-0.2, 0) is 13.0 Å². The van der Waals surface area contributed by atoms with Gasteiger partial charge in [-0.3, -0.25) is 4.79 Å². The van der Waals surface area contributed by atoms with Crippen molar-refractivity contribution in [3.63, 3.8) is 0 Å². The van der Waals surface area contributed by atoms with Crippen molar-refractivity contribution in [2.45, 2.75) is 19.9 Å². The molecule has 0 fully saturated rings. The summed E-state index contributed by atoms with van der Waals surface area (Å²) in [5.74, 6) is -0.690. The van der Waals surface area contributed by atoms with E-state index in [0.29, 0.717) is 24.3 Å². The number of carbonyl (C=O) groups is 1. The molecule has 0 bridgehead atoms. The van der Waals surface area contributed by atoms with E-state index < -0.39 is 5.82 Å². The number of fused-ring (bicyclic) bond motifs is 1. The Kier molecular flexibility index (Phi) is 3.37. The van der Waals surface area contributed by atoms with Gasteiger partial charge >= 0.3 is 0 Å². The molecule has 0 atom stereocenters. The van der Waals surface area contributed by atoms with Crippen LogP contribution in [0.4, 0.5) is 10.1 Å². The molecule has 1 amide bonds. The van der Waals surface area contributed by atoms with E-state index in [9.17, 15) is 9.18 Å².